The van der Waals surface area contributed by atoms with Gasteiger partial charge in [0.05, 0.1) is 24.7 Å². The number of methoxy groups -OCH3 is 1. The minimum atomic E-state index is 0.845. The molecule has 3 rings (SSSR count). The Balaban J connectivity index is 2.03. The van der Waals surface area contributed by atoms with Crippen LogP contribution >= 0.6 is 0 Å². The van der Waals surface area contributed by atoms with Crippen molar-refractivity contribution in [2.45, 2.75) is 0 Å². The Bertz CT molecular complexity index is 679. The van der Waals surface area contributed by atoms with Crippen LogP contribution in [0, 0.1) is 0 Å². The molecule has 0 aliphatic heterocycles. The van der Waals surface area contributed by atoms with Gasteiger partial charge < -0.3 is 9.30 Å². The SMILES string of the molecule is COc1ccc(-n2nccc2-c2ccn(C)c2)cc1. The minimum absolute atomic E-state index is 0.845. The number of hydrogen-bond acceptors (Lipinski definition) is 2. The van der Waals surface area contributed by atoms with Crippen LogP contribution < -0.4 is 4.74 Å². The molecule has 2 aromatic heterocycles. The van der Waals surface area contributed by atoms with Crippen molar-refractivity contribution in [3.63, 3.8) is 0 Å². The van der Waals surface area contributed by atoms with Crippen molar-refractivity contribution in [1.29, 1.82) is 0 Å². The average molecular weight is 253 g/mol. The number of rotatable bonds is 3. The summed E-state index contributed by atoms with van der Waals surface area (Å²) < 4.78 is 9.13. The Morgan fingerprint density at radius 2 is 1.84 bits per heavy atom. The van der Waals surface area contributed by atoms with Gasteiger partial charge in [-0.15, -0.1) is 0 Å². The van der Waals surface area contributed by atoms with Gasteiger partial charge in [-0.05, 0) is 36.4 Å². The van der Waals surface area contributed by atoms with Crippen LogP contribution in [0.4, 0.5) is 0 Å². The molecule has 0 atom stereocenters. The van der Waals surface area contributed by atoms with Crippen molar-refractivity contribution < 1.29 is 4.74 Å². The molecule has 96 valence electrons. The van der Waals surface area contributed by atoms with Crippen molar-refractivity contribution >= 4 is 0 Å². The zero-order valence-electron chi connectivity index (χ0n) is 10.9. The third-order valence-corrected chi connectivity index (χ3v) is 3.09. The third kappa shape index (κ3) is 2.12. The molecule has 0 aliphatic carbocycles. The van der Waals surface area contributed by atoms with Gasteiger partial charge in [0, 0.05) is 25.0 Å². The Labute approximate surface area is 111 Å². The summed E-state index contributed by atoms with van der Waals surface area (Å²) in [7, 11) is 3.68. The van der Waals surface area contributed by atoms with Crippen molar-refractivity contribution in [3.05, 3.63) is 55.0 Å². The fourth-order valence-corrected chi connectivity index (χ4v) is 2.11. The molecule has 4 heteroatoms. The molecule has 0 bridgehead atoms. The number of hydrogen-bond donors (Lipinski definition) is 0. The molecule has 0 saturated carbocycles. The number of aryl methyl sites for hydroxylation is 1. The summed E-state index contributed by atoms with van der Waals surface area (Å²) in [6.45, 7) is 0. The molecule has 4 nitrogen and oxygen atoms in total. The van der Waals surface area contributed by atoms with E-state index in [9.17, 15) is 0 Å². The number of nitrogens with zero attached hydrogens (tertiary/aromatic N) is 3. The first kappa shape index (κ1) is 11.6. The molecule has 0 fully saturated rings. The molecule has 0 unspecified atom stereocenters. The zero-order valence-corrected chi connectivity index (χ0v) is 10.9. The highest BCUT2D eigenvalue weighted by molar-refractivity contribution is 5.61. The van der Waals surface area contributed by atoms with Crippen LogP contribution in [0.1, 0.15) is 0 Å². The van der Waals surface area contributed by atoms with Crippen LogP contribution in [0.25, 0.3) is 16.9 Å². The summed E-state index contributed by atoms with van der Waals surface area (Å²) in [5.41, 5.74) is 3.24. The van der Waals surface area contributed by atoms with E-state index in [1.807, 2.05) is 59.0 Å². The van der Waals surface area contributed by atoms with Gasteiger partial charge in [-0.1, -0.05) is 0 Å². The highest BCUT2D eigenvalue weighted by Crippen LogP contribution is 2.23. The summed E-state index contributed by atoms with van der Waals surface area (Å²) >= 11 is 0. The highest BCUT2D eigenvalue weighted by atomic mass is 16.5. The summed E-state index contributed by atoms with van der Waals surface area (Å²) in [5, 5.41) is 4.39. The van der Waals surface area contributed by atoms with Gasteiger partial charge in [0.1, 0.15) is 5.75 Å². The average Bonchev–Trinajstić information content (AvgIpc) is 3.07. The van der Waals surface area contributed by atoms with Gasteiger partial charge in [-0.3, -0.25) is 0 Å². The van der Waals surface area contributed by atoms with E-state index in [4.69, 9.17) is 4.74 Å². The smallest absolute Gasteiger partial charge is 0.119 e. The molecule has 1 aromatic carbocycles. The second-order valence-electron chi connectivity index (χ2n) is 4.39. The van der Waals surface area contributed by atoms with Crippen molar-refractivity contribution in [1.82, 2.24) is 14.3 Å². The molecule has 2 heterocycles. The standard InChI is InChI=1S/C15H15N3O/c1-17-10-8-12(11-17)15-7-9-16-18(15)13-3-5-14(19-2)6-4-13/h3-11H,1-2H3. The molecular formula is C15H15N3O. The predicted molar refractivity (Wildman–Crippen MR) is 74.5 cm³/mol. The second kappa shape index (κ2) is 4.65. The molecule has 0 spiro atoms. The Kier molecular flexibility index (Phi) is 2.83. The second-order valence-corrected chi connectivity index (χ2v) is 4.39. The predicted octanol–water partition coefficient (Wildman–Crippen LogP) is 2.89. The van der Waals surface area contributed by atoms with Gasteiger partial charge in [-0.2, -0.15) is 5.10 Å². The summed E-state index contributed by atoms with van der Waals surface area (Å²) in [5.74, 6) is 0.845. The first-order chi connectivity index (χ1) is 9.28. The Hall–Kier alpha value is -2.49. The van der Waals surface area contributed by atoms with Crippen LogP contribution in [-0.4, -0.2) is 21.5 Å². The highest BCUT2D eigenvalue weighted by Gasteiger charge is 2.08. The number of ether oxygens (including phenoxy) is 1. The number of benzene rings is 1. The maximum absolute atomic E-state index is 5.17. The van der Waals surface area contributed by atoms with E-state index in [0.717, 1.165) is 22.7 Å². The van der Waals surface area contributed by atoms with Gasteiger partial charge in [0.15, 0.2) is 0 Å². The molecule has 0 radical (unpaired) electrons. The lowest BCUT2D eigenvalue weighted by molar-refractivity contribution is 0.414. The van der Waals surface area contributed by atoms with E-state index in [-0.39, 0.29) is 0 Å². The summed E-state index contributed by atoms with van der Waals surface area (Å²) in [4.78, 5) is 0. The largest absolute Gasteiger partial charge is 0.497 e. The Morgan fingerprint density at radius 1 is 1.05 bits per heavy atom. The maximum atomic E-state index is 5.17. The molecular weight excluding hydrogens is 238 g/mol. The molecule has 0 N–H and O–H groups in total. The van der Waals surface area contributed by atoms with Crippen LogP contribution in [0.5, 0.6) is 5.75 Å². The normalized spacial score (nSPS) is 10.6. The van der Waals surface area contributed by atoms with Crippen molar-refractivity contribution in [2.75, 3.05) is 7.11 Å². The first-order valence-corrected chi connectivity index (χ1v) is 6.09. The zero-order chi connectivity index (χ0) is 13.2. The summed E-state index contributed by atoms with van der Waals surface area (Å²) in [6, 6.07) is 12.0. The number of aromatic nitrogens is 3. The van der Waals surface area contributed by atoms with E-state index >= 15 is 0 Å². The van der Waals surface area contributed by atoms with E-state index in [2.05, 4.69) is 17.4 Å². The lowest BCUT2D eigenvalue weighted by atomic mass is 10.2. The maximum Gasteiger partial charge on any atom is 0.119 e. The molecule has 3 aromatic rings. The van der Waals surface area contributed by atoms with E-state index in [0.29, 0.717) is 0 Å². The fourth-order valence-electron chi connectivity index (χ4n) is 2.11. The van der Waals surface area contributed by atoms with Gasteiger partial charge >= 0.3 is 0 Å². The van der Waals surface area contributed by atoms with Gasteiger partial charge in [0.25, 0.3) is 0 Å². The molecule has 0 aliphatic rings. The minimum Gasteiger partial charge on any atom is -0.497 e. The van der Waals surface area contributed by atoms with Gasteiger partial charge in [0.2, 0.25) is 0 Å². The monoisotopic (exact) mass is 253 g/mol. The van der Waals surface area contributed by atoms with Crippen molar-refractivity contribution in [3.8, 4) is 22.7 Å². The molecule has 0 amide bonds. The molecule has 19 heavy (non-hydrogen) atoms. The lowest BCUT2D eigenvalue weighted by Gasteiger charge is -2.07. The first-order valence-electron chi connectivity index (χ1n) is 6.09. The third-order valence-electron chi connectivity index (χ3n) is 3.09. The van der Waals surface area contributed by atoms with Crippen LogP contribution in [0.3, 0.4) is 0 Å². The molecule has 0 saturated heterocycles. The van der Waals surface area contributed by atoms with Crippen molar-refractivity contribution in [2.24, 2.45) is 7.05 Å². The van der Waals surface area contributed by atoms with E-state index in [1.165, 1.54) is 0 Å². The van der Waals surface area contributed by atoms with Gasteiger partial charge in [-0.25, -0.2) is 4.68 Å². The summed E-state index contributed by atoms with van der Waals surface area (Å²) in [6.07, 6.45) is 5.92. The van der Waals surface area contributed by atoms with Crippen LogP contribution in [0.15, 0.2) is 55.0 Å². The van der Waals surface area contributed by atoms with Crippen LogP contribution in [0.2, 0.25) is 0 Å². The fraction of sp³-hybridized carbons (Fsp3) is 0.133. The lowest BCUT2D eigenvalue weighted by Crippen LogP contribution is -1.98. The van der Waals surface area contributed by atoms with Crippen LogP contribution in [-0.2, 0) is 7.05 Å². The quantitative estimate of drug-likeness (QED) is 0.719. The van der Waals surface area contributed by atoms with E-state index in [1.54, 1.807) is 7.11 Å². The Morgan fingerprint density at radius 3 is 2.47 bits per heavy atom. The topological polar surface area (TPSA) is 32.0 Å². The van der Waals surface area contributed by atoms with E-state index < -0.39 is 0 Å².